The van der Waals surface area contributed by atoms with E-state index < -0.39 is 0 Å². The topological polar surface area (TPSA) is 15.3 Å². The molecule has 1 aliphatic rings. The average Bonchev–Trinajstić information content (AvgIpc) is 2.28. The van der Waals surface area contributed by atoms with Gasteiger partial charge in [0.1, 0.15) is 0 Å². The molecule has 1 heterocycles. The van der Waals surface area contributed by atoms with E-state index >= 15 is 0 Å². The number of nitrogens with zero attached hydrogens (tertiary/aromatic N) is 1. The lowest BCUT2D eigenvalue weighted by atomic mass is 10.0. The van der Waals surface area contributed by atoms with Gasteiger partial charge in [0.2, 0.25) is 0 Å². The van der Waals surface area contributed by atoms with Crippen molar-refractivity contribution in [3.05, 3.63) is 28.8 Å². The fourth-order valence-electron chi connectivity index (χ4n) is 2.29. The molecular formula is C14H21ClN2. The quantitative estimate of drug-likeness (QED) is 0.869. The standard InChI is InChI=1S/C14H21ClN2/c1-10(2)12-4-5-14(13(15)8-12)17-7-6-16-11(3)9-17/h4-5,8,10-11,16H,6-7,9H2,1-3H3. The molecule has 1 unspecified atom stereocenters. The van der Waals surface area contributed by atoms with Crippen LogP contribution in [0.4, 0.5) is 5.69 Å². The van der Waals surface area contributed by atoms with E-state index in [1.54, 1.807) is 0 Å². The van der Waals surface area contributed by atoms with Crippen molar-refractivity contribution in [2.75, 3.05) is 24.5 Å². The Bertz CT molecular complexity index is 390. The summed E-state index contributed by atoms with van der Waals surface area (Å²) in [7, 11) is 0. The molecule has 0 bridgehead atoms. The van der Waals surface area contributed by atoms with Crippen LogP contribution in [0.2, 0.25) is 5.02 Å². The fraction of sp³-hybridized carbons (Fsp3) is 0.571. The van der Waals surface area contributed by atoms with Gasteiger partial charge in [-0.25, -0.2) is 0 Å². The monoisotopic (exact) mass is 252 g/mol. The highest BCUT2D eigenvalue weighted by molar-refractivity contribution is 6.33. The number of piperazine rings is 1. The summed E-state index contributed by atoms with van der Waals surface area (Å²) in [5, 5.41) is 4.33. The summed E-state index contributed by atoms with van der Waals surface area (Å²) in [6, 6.07) is 6.99. The number of anilines is 1. The fourth-order valence-corrected chi connectivity index (χ4v) is 2.60. The molecule has 1 atom stereocenters. The predicted octanol–water partition coefficient (Wildman–Crippen LogP) is 3.26. The molecule has 0 radical (unpaired) electrons. The highest BCUT2D eigenvalue weighted by Gasteiger charge is 2.18. The maximum absolute atomic E-state index is 6.39. The molecule has 3 heteroatoms. The first-order chi connectivity index (χ1) is 8.08. The minimum absolute atomic E-state index is 0.531. The van der Waals surface area contributed by atoms with Crippen molar-refractivity contribution in [1.82, 2.24) is 5.32 Å². The van der Waals surface area contributed by atoms with Gasteiger partial charge < -0.3 is 10.2 Å². The van der Waals surface area contributed by atoms with Crippen LogP contribution in [0.15, 0.2) is 18.2 Å². The Morgan fingerprint density at radius 1 is 1.41 bits per heavy atom. The van der Waals surface area contributed by atoms with E-state index in [0.29, 0.717) is 12.0 Å². The van der Waals surface area contributed by atoms with Gasteiger partial charge >= 0.3 is 0 Å². The molecule has 0 amide bonds. The van der Waals surface area contributed by atoms with E-state index in [1.165, 1.54) is 11.3 Å². The van der Waals surface area contributed by atoms with E-state index in [0.717, 1.165) is 24.7 Å². The van der Waals surface area contributed by atoms with Crippen LogP contribution >= 0.6 is 11.6 Å². The Balaban J connectivity index is 2.21. The van der Waals surface area contributed by atoms with Gasteiger partial charge in [-0.15, -0.1) is 0 Å². The Morgan fingerprint density at radius 2 is 2.18 bits per heavy atom. The molecule has 2 rings (SSSR count). The zero-order valence-corrected chi connectivity index (χ0v) is 11.6. The van der Waals surface area contributed by atoms with Crippen molar-refractivity contribution in [3.8, 4) is 0 Å². The van der Waals surface area contributed by atoms with Gasteiger partial charge in [0.05, 0.1) is 10.7 Å². The Kier molecular flexibility index (Phi) is 3.95. The van der Waals surface area contributed by atoms with E-state index in [2.05, 4.69) is 49.2 Å². The summed E-state index contributed by atoms with van der Waals surface area (Å²) < 4.78 is 0. The minimum Gasteiger partial charge on any atom is -0.368 e. The molecule has 0 aliphatic carbocycles. The van der Waals surface area contributed by atoms with Crippen LogP contribution in [0, 0.1) is 0 Å². The Labute approximate surface area is 109 Å². The van der Waals surface area contributed by atoms with E-state index in [-0.39, 0.29) is 0 Å². The summed E-state index contributed by atoms with van der Waals surface area (Å²) in [6.45, 7) is 9.69. The first-order valence-electron chi connectivity index (χ1n) is 6.35. The lowest BCUT2D eigenvalue weighted by Crippen LogP contribution is -2.49. The first kappa shape index (κ1) is 12.7. The van der Waals surface area contributed by atoms with Crippen molar-refractivity contribution in [1.29, 1.82) is 0 Å². The highest BCUT2D eigenvalue weighted by Crippen LogP contribution is 2.30. The lowest BCUT2D eigenvalue weighted by molar-refractivity contribution is 0.485. The second-order valence-corrected chi connectivity index (χ2v) is 5.57. The third-order valence-corrected chi connectivity index (χ3v) is 3.65. The van der Waals surface area contributed by atoms with Crippen molar-refractivity contribution in [2.24, 2.45) is 0 Å². The van der Waals surface area contributed by atoms with Crippen LogP contribution in [-0.2, 0) is 0 Å². The molecule has 0 saturated carbocycles. The zero-order valence-electron chi connectivity index (χ0n) is 10.8. The van der Waals surface area contributed by atoms with Crippen LogP contribution in [0.25, 0.3) is 0 Å². The zero-order chi connectivity index (χ0) is 12.4. The number of nitrogens with one attached hydrogen (secondary N) is 1. The third-order valence-electron chi connectivity index (χ3n) is 3.35. The van der Waals surface area contributed by atoms with E-state index in [1.807, 2.05) is 0 Å². The molecule has 94 valence electrons. The first-order valence-corrected chi connectivity index (χ1v) is 6.73. The molecule has 17 heavy (non-hydrogen) atoms. The van der Waals surface area contributed by atoms with E-state index in [9.17, 15) is 0 Å². The van der Waals surface area contributed by atoms with Crippen molar-refractivity contribution in [3.63, 3.8) is 0 Å². The van der Waals surface area contributed by atoms with Gasteiger partial charge in [-0.2, -0.15) is 0 Å². The summed E-state index contributed by atoms with van der Waals surface area (Å²) in [5.41, 5.74) is 2.48. The van der Waals surface area contributed by atoms with Gasteiger partial charge in [-0.1, -0.05) is 31.5 Å². The maximum Gasteiger partial charge on any atom is 0.0642 e. The van der Waals surface area contributed by atoms with Crippen LogP contribution in [0.1, 0.15) is 32.3 Å². The highest BCUT2D eigenvalue weighted by atomic mass is 35.5. The number of benzene rings is 1. The number of halogens is 1. The smallest absolute Gasteiger partial charge is 0.0642 e. The van der Waals surface area contributed by atoms with Gasteiger partial charge in [0, 0.05) is 25.7 Å². The molecule has 1 fully saturated rings. The molecule has 1 saturated heterocycles. The second kappa shape index (κ2) is 5.28. The van der Waals surface area contributed by atoms with Crippen LogP contribution in [0.3, 0.4) is 0 Å². The third kappa shape index (κ3) is 2.93. The van der Waals surface area contributed by atoms with Crippen LogP contribution < -0.4 is 10.2 Å². The van der Waals surface area contributed by atoms with Gasteiger partial charge in [0.15, 0.2) is 0 Å². The maximum atomic E-state index is 6.39. The molecule has 1 aromatic rings. The van der Waals surface area contributed by atoms with Crippen molar-refractivity contribution >= 4 is 17.3 Å². The number of hydrogen-bond acceptors (Lipinski definition) is 2. The van der Waals surface area contributed by atoms with Gasteiger partial charge in [-0.05, 0) is 30.5 Å². The normalized spacial score (nSPS) is 21.0. The Hall–Kier alpha value is -0.730. The molecular weight excluding hydrogens is 232 g/mol. The number of hydrogen-bond donors (Lipinski definition) is 1. The summed E-state index contributed by atoms with van der Waals surface area (Å²) in [5.74, 6) is 0.531. The van der Waals surface area contributed by atoms with Crippen molar-refractivity contribution in [2.45, 2.75) is 32.7 Å². The van der Waals surface area contributed by atoms with Crippen molar-refractivity contribution < 1.29 is 0 Å². The molecule has 1 N–H and O–H groups in total. The largest absolute Gasteiger partial charge is 0.368 e. The van der Waals surface area contributed by atoms with E-state index in [4.69, 9.17) is 11.6 Å². The molecule has 1 aliphatic heterocycles. The van der Waals surface area contributed by atoms with Gasteiger partial charge in [0.25, 0.3) is 0 Å². The Morgan fingerprint density at radius 3 is 2.76 bits per heavy atom. The summed E-state index contributed by atoms with van der Waals surface area (Å²) in [6.07, 6.45) is 0. The van der Waals surface area contributed by atoms with Gasteiger partial charge in [-0.3, -0.25) is 0 Å². The minimum atomic E-state index is 0.531. The molecule has 2 nitrogen and oxygen atoms in total. The second-order valence-electron chi connectivity index (χ2n) is 5.17. The summed E-state index contributed by atoms with van der Waals surface area (Å²) >= 11 is 6.39. The molecule has 0 spiro atoms. The molecule has 1 aromatic carbocycles. The summed E-state index contributed by atoms with van der Waals surface area (Å²) in [4.78, 5) is 2.37. The molecule has 0 aromatic heterocycles. The lowest BCUT2D eigenvalue weighted by Gasteiger charge is -2.34. The SMILES string of the molecule is CC1CN(c2ccc(C(C)C)cc2Cl)CCN1. The van der Waals surface area contributed by atoms with Crippen LogP contribution in [-0.4, -0.2) is 25.7 Å². The number of rotatable bonds is 2. The van der Waals surface area contributed by atoms with Crippen LogP contribution in [0.5, 0.6) is 0 Å². The average molecular weight is 253 g/mol. The predicted molar refractivity (Wildman–Crippen MR) is 75.2 cm³/mol.